The minimum absolute atomic E-state index is 0.128. The van der Waals surface area contributed by atoms with Crippen LogP contribution in [0.25, 0.3) is 0 Å². The Kier molecular flexibility index (Phi) is 5.64. The van der Waals surface area contributed by atoms with Crippen LogP contribution in [0.5, 0.6) is 5.75 Å². The maximum Gasteiger partial charge on any atom is 0.244 e. The maximum absolute atomic E-state index is 12.7. The highest BCUT2D eigenvalue weighted by Gasteiger charge is 2.24. The van der Waals surface area contributed by atoms with Crippen LogP contribution in [0, 0.1) is 0 Å². The SMILES string of the molecule is COc1ccc(NC(C)=O)cc1NC(=O)CN1c2ccccc2CC[C@@H]1C. The van der Waals surface area contributed by atoms with Crippen molar-refractivity contribution in [3.63, 3.8) is 0 Å². The van der Waals surface area contributed by atoms with E-state index in [4.69, 9.17) is 4.74 Å². The fraction of sp³-hybridized carbons (Fsp3) is 0.333. The van der Waals surface area contributed by atoms with Crippen LogP contribution < -0.4 is 20.3 Å². The minimum Gasteiger partial charge on any atom is -0.495 e. The van der Waals surface area contributed by atoms with E-state index in [0.29, 0.717) is 23.2 Å². The molecule has 6 nitrogen and oxygen atoms in total. The topological polar surface area (TPSA) is 70.7 Å². The van der Waals surface area contributed by atoms with Gasteiger partial charge in [-0.25, -0.2) is 0 Å². The Morgan fingerprint density at radius 1 is 1.19 bits per heavy atom. The summed E-state index contributed by atoms with van der Waals surface area (Å²) < 4.78 is 5.33. The van der Waals surface area contributed by atoms with Crippen LogP contribution in [0.4, 0.5) is 17.1 Å². The van der Waals surface area contributed by atoms with Crippen LogP contribution in [-0.4, -0.2) is 31.5 Å². The molecule has 0 saturated carbocycles. The van der Waals surface area contributed by atoms with E-state index in [1.165, 1.54) is 12.5 Å². The molecule has 1 atom stereocenters. The van der Waals surface area contributed by atoms with E-state index in [1.807, 2.05) is 12.1 Å². The van der Waals surface area contributed by atoms with Crippen LogP contribution in [-0.2, 0) is 16.0 Å². The second-order valence-electron chi connectivity index (χ2n) is 6.79. The van der Waals surface area contributed by atoms with Gasteiger partial charge in [0.2, 0.25) is 11.8 Å². The minimum atomic E-state index is -0.170. The number of nitrogens with zero attached hydrogens (tertiary/aromatic N) is 1. The van der Waals surface area contributed by atoms with Crippen LogP contribution in [0.15, 0.2) is 42.5 Å². The third-order valence-corrected chi connectivity index (χ3v) is 4.77. The predicted octanol–water partition coefficient (Wildman–Crippen LogP) is 3.43. The fourth-order valence-electron chi connectivity index (χ4n) is 3.43. The number of aryl methyl sites for hydroxylation is 1. The zero-order valence-electron chi connectivity index (χ0n) is 15.9. The van der Waals surface area contributed by atoms with Gasteiger partial charge in [-0.15, -0.1) is 0 Å². The van der Waals surface area contributed by atoms with E-state index in [-0.39, 0.29) is 18.4 Å². The molecule has 2 aromatic carbocycles. The number of ether oxygens (including phenoxy) is 1. The zero-order valence-corrected chi connectivity index (χ0v) is 15.9. The Labute approximate surface area is 159 Å². The highest BCUT2D eigenvalue weighted by atomic mass is 16.5. The predicted molar refractivity (Wildman–Crippen MR) is 107 cm³/mol. The molecule has 27 heavy (non-hydrogen) atoms. The number of benzene rings is 2. The lowest BCUT2D eigenvalue weighted by Crippen LogP contribution is -2.42. The smallest absolute Gasteiger partial charge is 0.244 e. The van der Waals surface area contributed by atoms with Gasteiger partial charge in [0.1, 0.15) is 5.75 Å². The molecule has 0 saturated heterocycles. The van der Waals surface area contributed by atoms with E-state index in [9.17, 15) is 9.59 Å². The highest BCUT2D eigenvalue weighted by Crippen LogP contribution is 2.31. The van der Waals surface area contributed by atoms with Gasteiger partial charge in [0.05, 0.1) is 19.3 Å². The summed E-state index contributed by atoms with van der Waals surface area (Å²) in [5.74, 6) is 0.248. The maximum atomic E-state index is 12.7. The van der Waals surface area contributed by atoms with Crippen molar-refractivity contribution in [2.75, 3.05) is 29.2 Å². The Morgan fingerprint density at radius 2 is 1.96 bits per heavy atom. The van der Waals surface area contributed by atoms with Crippen molar-refractivity contribution in [3.05, 3.63) is 48.0 Å². The lowest BCUT2D eigenvalue weighted by molar-refractivity contribution is -0.115. The molecule has 0 radical (unpaired) electrons. The molecule has 3 rings (SSSR count). The Balaban J connectivity index is 1.77. The van der Waals surface area contributed by atoms with E-state index < -0.39 is 0 Å². The van der Waals surface area contributed by atoms with Gasteiger partial charge in [-0.2, -0.15) is 0 Å². The molecular formula is C21H25N3O3. The number of para-hydroxylation sites is 1. The average Bonchev–Trinajstić information content (AvgIpc) is 2.64. The Bertz CT molecular complexity index is 850. The van der Waals surface area contributed by atoms with Gasteiger partial charge < -0.3 is 20.3 Å². The highest BCUT2D eigenvalue weighted by molar-refractivity contribution is 5.97. The summed E-state index contributed by atoms with van der Waals surface area (Å²) in [7, 11) is 1.55. The summed E-state index contributed by atoms with van der Waals surface area (Å²) in [5, 5.41) is 5.63. The van der Waals surface area contributed by atoms with Crippen molar-refractivity contribution in [1.82, 2.24) is 0 Å². The van der Waals surface area contributed by atoms with E-state index in [2.05, 4.69) is 34.6 Å². The van der Waals surface area contributed by atoms with Crippen LogP contribution >= 0.6 is 0 Å². The molecule has 1 aliphatic rings. The molecule has 0 fully saturated rings. The third-order valence-electron chi connectivity index (χ3n) is 4.77. The van der Waals surface area contributed by atoms with Crippen LogP contribution in [0.2, 0.25) is 0 Å². The first-order valence-corrected chi connectivity index (χ1v) is 9.08. The largest absolute Gasteiger partial charge is 0.495 e. The zero-order chi connectivity index (χ0) is 19.4. The summed E-state index contributed by atoms with van der Waals surface area (Å²) >= 11 is 0. The second-order valence-corrected chi connectivity index (χ2v) is 6.79. The number of carbonyl (C=O) groups excluding carboxylic acids is 2. The second kappa shape index (κ2) is 8.12. The standard InChI is InChI=1S/C21H25N3O3/c1-14-8-9-16-6-4-5-7-19(16)24(14)13-21(26)23-18-12-17(22-15(2)25)10-11-20(18)27-3/h4-7,10-12,14H,8-9,13H2,1-3H3,(H,22,25)(H,23,26)/t14-/m0/s1. The van der Waals surface area contributed by atoms with Crippen molar-refractivity contribution >= 4 is 28.9 Å². The quantitative estimate of drug-likeness (QED) is 0.849. The number of amides is 2. The molecule has 2 aromatic rings. The first-order valence-electron chi connectivity index (χ1n) is 9.08. The number of methoxy groups -OCH3 is 1. The van der Waals surface area contributed by atoms with Gasteiger partial charge in [0, 0.05) is 24.3 Å². The van der Waals surface area contributed by atoms with Crippen LogP contribution in [0.1, 0.15) is 25.8 Å². The molecule has 1 heterocycles. The van der Waals surface area contributed by atoms with Crippen molar-refractivity contribution in [2.24, 2.45) is 0 Å². The number of carbonyl (C=O) groups is 2. The van der Waals surface area contributed by atoms with Gasteiger partial charge >= 0.3 is 0 Å². The number of hydrogen-bond donors (Lipinski definition) is 2. The van der Waals surface area contributed by atoms with Crippen molar-refractivity contribution < 1.29 is 14.3 Å². The van der Waals surface area contributed by atoms with Crippen molar-refractivity contribution in [3.8, 4) is 5.75 Å². The Morgan fingerprint density at radius 3 is 2.70 bits per heavy atom. The molecule has 0 unspecified atom stereocenters. The van der Waals surface area contributed by atoms with E-state index >= 15 is 0 Å². The summed E-state index contributed by atoms with van der Waals surface area (Å²) in [6.45, 7) is 3.84. The molecule has 6 heteroatoms. The number of anilines is 3. The van der Waals surface area contributed by atoms with Crippen molar-refractivity contribution in [1.29, 1.82) is 0 Å². The molecule has 2 amide bonds. The summed E-state index contributed by atoms with van der Waals surface area (Å²) in [5.41, 5.74) is 3.53. The van der Waals surface area contributed by atoms with Gasteiger partial charge in [-0.05, 0) is 49.6 Å². The lowest BCUT2D eigenvalue weighted by Gasteiger charge is -2.36. The summed E-state index contributed by atoms with van der Waals surface area (Å²) in [4.78, 5) is 26.2. The third kappa shape index (κ3) is 4.39. The summed E-state index contributed by atoms with van der Waals surface area (Å²) in [6, 6.07) is 13.7. The number of hydrogen-bond acceptors (Lipinski definition) is 4. The first-order chi connectivity index (χ1) is 13.0. The number of nitrogens with one attached hydrogen (secondary N) is 2. The van der Waals surface area contributed by atoms with Crippen LogP contribution in [0.3, 0.4) is 0 Å². The molecule has 0 aliphatic carbocycles. The van der Waals surface area contributed by atoms with Gasteiger partial charge in [-0.1, -0.05) is 18.2 Å². The lowest BCUT2D eigenvalue weighted by atomic mass is 9.96. The van der Waals surface area contributed by atoms with Gasteiger partial charge in [0.15, 0.2) is 0 Å². The van der Waals surface area contributed by atoms with Gasteiger partial charge in [-0.3, -0.25) is 9.59 Å². The molecule has 2 N–H and O–H groups in total. The monoisotopic (exact) mass is 367 g/mol. The number of rotatable bonds is 5. The van der Waals surface area contributed by atoms with Crippen molar-refractivity contribution in [2.45, 2.75) is 32.7 Å². The molecule has 142 valence electrons. The first kappa shape index (κ1) is 18.8. The van der Waals surface area contributed by atoms with Gasteiger partial charge in [0.25, 0.3) is 0 Å². The normalized spacial score (nSPS) is 15.7. The van der Waals surface area contributed by atoms with E-state index in [1.54, 1.807) is 25.3 Å². The number of fused-ring (bicyclic) bond motifs is 1. The molecule has 0 spiro atoms. The molecule has 0 bridgehead atoms. The van der Waals surface area contributed by atoms with E-state index in [0.717, 1.165) is 18.5 Å². The average molecular weight is 367 g/mol. The molecule has 0 aromatic heterocycles. The Hall–Kier alpha value is -3.02. The fourth-order valence-corrected chi connectivity index (χ4v) is 3.43. The molecular weight excluding hydrogens is 342 g/mol. The molecule has 1 aliphatic heterocycles. The summed E-state index contributed by atoms with van der Waals surface area (Å²) in [6.07, 6.45) is 2.05.